The van der Waals surface area contributed by atoms with Crippen molar-refractivity contribution >= 4 is 11.9 Å². The van der Waals surface area contributed by atoms with Crippen LogP contribution in [0.4, 0.5) is 4.79 Å². The molecule has 1 saturated heterocycles. The summed E-state index contributed by atoms with van der Waals surface area (Å²) in [6.45, 7) is 1.92. The largest absolute Gasteiger partial charge is 0.327 e. The van der Waals surface area contributed by atoms with Gasteiger partial charge in [-0.15, -0.1) is 0 Å². The molecule has 0 radical (unpaired) electrons. The van der Waals surface area contributed by atoms with Crippen molar-refractivity contribution < 1.29 is 9.59 Å². The number of benzene rings is 2. The first kappa shape index (κ1) is 20.4. The van der Waals surface area contributed by atoms with Crippen molar-refractivity contribution in [1.82, 2.24) is 9.80 Å². The van der Waals surface area contributed by atoms with Gasteiger partial charge in [-0.25, -0.2) is 4.79 Å². The number of hydrogen-bond acceptors (Lipinski definition) is 3. The van der Waals surface area contributed by atoms with Crippen LogP contribution in [0.15, 0.2) is 65.8 Å². The Labute approximate surface area is 170 Å². The van der Waals surface area contributed by atoms with E-state index in [4.69, 9.17) is 5.53 Å². The van der Waals surface area contributed by atoms with Crippen LogP contribution in [0.5, 0.6) is 0 Å². The summed E-state index contributed by atoms with van der Waals surface area (Å²) in [6.07, 6.45) is 1.85. The molecule has 7 heteroatoms. The maximum atomic E-state index is 13.3. The summed E-state index contributed by atoms with van der Waals surface area (Å²) in [4.78, 5) is 31.8. The fourth-order valence-corrected chi connectivity index (χ4v) is 3.80. The van der Waals surface area contributed by atoms with Crippen molar-refractivity contribution in [1.29, 1.82) is 0 Å². The number of likely N-dealkylation sites (N-methyl/N-ethyl adjacent to an activating group) is 1. The number of hydrogen-bond donors (Lipinski definition) is 0. The Morgan fingerprint density at radius 2 is 1.76 bits per heavy atom. The van der Waals surface area contributed by atoms with Gasteiger partial charge in [-0.05, 0) is 42.8 Å². The van der Waals surface area contributed by atoms with Gasteiger partial charge < -0.3 is 4.90 Å². The fraction of sp³-hybridized carbons (Fsp3) is 0.364. The number of nitrogens with zero attached hydrogens (tertiary/aromatic N) is 5. The van der Waals surface area contributed by atoms with Crippen molar-refractivity contribution in [2.75, 3.05) is 7.05 Å². The summed E-state index contributed by atoms with van der Waals surface area (Å²) in [5, 5.41) is 3.73. The Kier molecular flexibility index (Phi) is 6.52. The van der Waals surface area contributed by atoms with Gasteiger partial charge in [-0.2, -0.15) is 0 Å². The van der Waals surface area contributed by atoms with Gasteiger partial charge in [-0.3, -0.25) is 9.69 Å². The van der Waals surface area contributed by atoms with Crippen LogP contribution >= 0.6 is 0 Å². The zero-order chi connectivity index (χ0) is 20.8. The van der Waals surface area contributed by atoms with Gasteiger partial charge in [0.2, 0.25) is 5.91 Å². The molecular formula is C22H25N5O2. The van der Waals surface area contributed by atoms with Crippen molar-refractivity contribution in [2.24, 2.45) is 5.11 Å². The molecule has 150 valence electrons. The van der Waals surface area contributed by atoms with Crippen LogP contribution in [0.1, 0.15) is 36.9 Å². The van der Waals surface area contributed by atoms with E-state index in [0.29, 0.717) is 12.8 Å². The summed E-state index contributed by atoms with van der Waals surface area (Å²) < 4.78 is 0. The molecule has 1 heterocycles. The number of carbonyl (C=O) groups is 2. The number of aryl methyl sites for hydroxylation is 1. The lowest BCUT2D eigenvalue weighted by molar-refractivity contribution is -0.131. The normalized spacial score (nSPS) is 19.7. The minimum Gasteiger partial charge on any atom is -0.322 e. The predicted octanol–water partition coefficient (Wildman–Crippen LogP) is 4.71. The van der Waals surface area contributed by atoms with Crippen LogP contribution in [-0.4, -0.2) is 40.9 Å². The van der Waals surface area contributed by atoms with Crippen LogP contribution in [0, 0.1) is 0 Å². The number of amides is 3. The third kappa shape index (κ3) is 4.41. The Bertz CT molecular complexity index is 896. The van der Waals surface area contributed by atoms with Gasteiger partial charge in [0.25, 0.3) is 0 Å². The first-order valence-corrected chi connectivity index (χ1v) is 9.77. The molecule has 0 aromatic heterocycles. The number of carbonyl (C=O) groups excluding carboxylic acids is 2. The molecule has 1 fully saturated rings. The highest BCUT2D eigenvalue weighted by atomic mass is 16.2. The summed E-state index contributed by atoms with van der Waals surface area (Å²) >= 11 is 0. The lowest BCUT2D eigenvalue weighted by atomic mass is 9.99. The number of rotatable bonds is 7. The van der Waals surface area contributed by atoms with E-state index in [1.165, 1.54) is 4.90 Å². The van der Waals surface area contributed by atoms with E-state index >= 15 is 0 Å². The van der Waals surface area contributed by atoms with Crippen LogP contribution in [0.25, 0.3) is 10.4 Å². The summed E-state index contributed by atoms with van der Waals surface area (Å²) in [5.74, 6) is -0.439. The van der Waals surface area contributed by atoms with Gasteiger partial charge in [0.1, 0.15) is 6.04 Å². The van der Waals surface area contributed by atoms with Gasteiger partial charge >= 0.3 is 6.03 Å². The van der Waals surface area contributed by atoms with E-state index in [1.54, 1.807) is 11.9 Å². The van der Waals surface area contributed by atoms with E-state index in [-0.39, 0.29) is 12.1 Å². The SMILES string of the molecule is C[C@H]1[C@@H](c2ccccc2)N(C(=O)[C@H](CCCc2ccccc2)N=[N+]=[N-])C(=O)N1C. The second-order valence-corrected chi connectivity index (χ2v) is 7.30. The number of azide groups is 1. The second kappa shape index (κ2) is 9.26. The van der Waals surface area contributed by atoms with E-state index in [0.717, 1.165) is 17.5 Å². The number of imide groups is 1. The van der Waals surface area contributed by atoms with Gasteiger partial charge in [0.05, 0.1) is 12.1 Å². The zero-order valence-corrected chi connectivity index (χ0v) is 16.7. The average Bonchev–Trinajstić information content (AvgIpc) is 2.98. The standard InChI is InChI=1S/C22H25N5O2/c1-16-20(18-13-7-4-8-14-18)27(22(29)26(16)2)21(28)19(24-25-23)15-9-12-17-10-5-3-6-11-17/h3-8,10-11,13-14,16,19-20H,9,12,15H2,1-2H3/t16-,19-,20-/m0/s1. The first-order chi connectivity index (χ1) is 14.0. The molecular weight excluding hydrogens is 366 g/mol. The average molecular weight is 391 g/mol. The van der Waals surface area contributed by atoms with Crippen molar-refractivity contribution in [3.05, 3.63) is 82.2 Å². The monoisotopic (exact) mass is 391 g/mol. The third-order valence-electron chi connectivity index (χ3n) is 5.49. The van der Waals surface area contributed by atoms with Crippen LogP contribution in [0.2, 0.25) is 0 Å². The zero-order valence-electron chi connectivity index (χ0n) is 16.7. The van der Waals surface area contributed by atoms with Gasteiger partial charge in [0, 0.05) is 12.0 Å². The molecule has 2 aromatic rings. The molecule has 0 unspecified atom stereocenters. The third-order valence-corrected chi connectivity index (χ3v) is 5.49. The second-order valence-electron chi connectivity index (χ2n) is 7.30. The summed E-state index contributed by atoms with van der Waals surface area (Å²) in [7, 11) is 1.69. The predicted molar refractivity (Wildman–Crippen MR) is 111 cm³/mol. The van der Waals surface area contributed by atoms with Crippen molar-refractivity contribution in [3.8, 4) is 0 Å². The molecule has 0 N–H and O–H groups in total. The van der Waals surface area contributed by atoms with E-state index in [1.807, 2.05) is 67.6 Å². The lowest BCUT2D eigenvalue weighted by Crippen LogP contribution is -2.42. The molecule has 3 rings (SSSR count). The smallest absolute Gasteiger partial charge is 0.322 e. The van der Waals surface area contributed by atoms with Crippen LogP contribution in [0.3, 0.4) is 0 Å². The molecule has 3 amide bonds. The van der Waals surface area contributed by atoms with Crippen molar-refractivity contribution in [2.45, 2.75) is 44.3 Å². The minimum atomic E-state index is -0.905. The molecule has 0 spiro atoms. The topological polar surface area (TPSA) is 89.4 Å². The van der Waals surface area contributed by atoms with Crippen LogP contribution < -0.4 is 0 Å². The Balaban J connectivity index is 1.79. The Hall–Kier alpha value is -3.31. The minimum absolute atomic E-state index is 0.176. The van der Waals surface area contributed by atoms with E-state index in [9.17, 15) is 9.59 Å². The van der Waals surface area contributed by atoms with E-state index in [2.05, 4.69) is 10.0 Å². The molecule has 0 saturated carbocycles. The molecule has 2 aromatic carbocycles. The lowest BCUT2D eigenvalue weighted by Gasteiger charge is -2.26. The molecule has 0 bridgehead atoms. The fourth-order valence-electron chi connectivity index (χ4n) is 3.80. The van der Waals surface area contributed by atoms with Crippen LogP contribution in [-0.2, 0) is 11.2 Å². The molecule has 1 aliphatic rings. The number of urea groups is 1. The highest BCUT2D eigenvalue weighted by molar-refractivity contribution is 5.99. The quantitative estimate of drug-likeness (QED) is 0.388. The Morgan fingerprint density at radius 3 is 2.38 bits per heavy atom. The highest BCUT2D eigenvalue weighted by Crippen LogP contribution is 2.35. The molecule has 1 aliphatic heterocycles. The van der Waals surface area contributed by atoms with Gasteiger partial charge in [-0.1, -0.05) is 65.8 Å². The Morgan fingerprint density at radius 1 is 1.14 bits per heavy atom. The van der Waals surface area contributed by atoms with Gasteiger partial charge in [0.15, 0.2) is 0 Å². The maximum Gasteiger partial charge on any atom is 0.327 e. The maximum absolute atomic E-state index is 13.3. The summed E-state index contributed by atoms with van der Waals surface area (Å²) in [5.41, 5.74) is 11.0. The van der Waals surface area contributed by atoms with Crippen molar-refractivity contribution in [3.63, 3.8) is 0 Å². The molecule has 3 atom stereocenters. The molecule has 7 nitrogen and oxygen atoms in total. The van der Waals surface area contributed by atoms with E-state index < -0.39 is 18.0 Å². The molecule has 29 heavy (non-hydrogen) atoms. The summed E-state index contributed by atoms with van der Waals surface area (Å²) in [6, 6.07) is 17.6. The first-order valence-electron chi connectivity index (χ1n) is 9.77. The molecule has 0 aliphatic carbocycles. The highest BCUT2D eigenvalue weighted by Gasteiger charge is 2.46.